The summed E-state index contributed by atoms with van der Waals surface area (Å²) >= 11 is 1.47. The monoisotopic (exact) mass is 346 g/mol. The summed E-state index contributed by atoms with van der Waals surface area (Å²) in [4.78, 5) is 28.4. The molecule has 0 aliphatic rings. The van der Waals surface area contributed by atoms with Gasteiger partial charge >= 0.3 is 0 Å². The van der Waals surface area contributed by atoms with E-state index in [0.717, 1.165) is 10.6 Å². The molecule has 2 amide bonds. The second-order valence-electron chi connectivity index (χ2n) is 5.77. The van der Waals surface area contributed by atoms with E-state index < -0.39 is 6.04 Å². The van der Waals surface area contributed by atoms with Gasteiger partial charge in [0.05, 0.1) is 12.6 Å². The highest BCUT2D eigenvalue weighted by Gasteiger charge is 2.21. The van der Waals surface area contributed by atoms with Gasteiger partial charge in [0.2, 0.25) is 11.8 Å². The van der Waals surface area contributed by atoms with Crippen LogP contribution in [0.15, 0.2) is 41.9 Å². The largest absolute Gasteiger partial charge is 0.346 e. The summed E-state index contributed by atoms with van der Waals surface area (Å²) in [7, 11) is 0. The summed E-state index contributed by atoms with van der Waals surface area (Å²) in [6, 6.07) is 8.63. The topological polar surface area (TPSA) is 97.1 Å². The number of nitrogens with one attached hydrogen (secondary N) is 2. The molecule has 0 saturated carbocycles. The first kappa shape index (κ1) is 18.1. The molecular formula is C17H22N4O2S. The molecule has 6 nitrogen and oxygen atoms in total. The van der Waals surface area contributed by atoms with E-state index in [1.54, 1.807) is 6.20 Å². The minimum absolute atomic E-state index is 0.0143. The zero-order valence-electron chi connectivity index (χ0n) is 13.7. The second-order valence-corrected chi connectivity index (χ2v) is 6.70. The van der Waals surface area contributed by atoms with Crippen LogP contribution >= 0.6 is 11.3 Å². The van der Waals surface area contributed by atoms with Crippen molar-refractivity contribution in [3.05, 3.63) is 52.5 Å². The van der Waals surface area contributed by atoms with Gasteiger partial charge in [-0.25, -0.2) is 4.98 Å². The molecule has 1 heterocycles. The van der Waals surface area contributed by atoms with Gasteiger partial charge in [-0.1, -0.05) is 44.2 Å². The van der Waals surface area contributed by atoms with Gasteiger partial charge in [0, 0.05) is 11.6 Å². The third kappa shape index (κ3) is 4.87. The van der Waals surface area contributed by atoms with Gasteiger partial charge in [-0.05, 0) is 11.5 Å². The van der Waals surface area contributed by atoms with Crippen molar-refractivity contribution in [1.82, 2.24) is 15.6 Å². The number of benzene rings is 1. The molecule has 7 heteroatoms. The molecule has 4 N–H and O–H groups in total. The van der Waals surface area contributed by atoms with Gasteiger partial charge in [0.15, 0.2) is 0 Å². The predicted octanol–water partition coefficient (Wildman–Crippen LogP) is 1.45. The van der Waals surface area contributed by atoms with Crippen molar-refractivity contribution in [2.75, 3.05) is 6.54 Å². The van der Waals surface area contributed by atoms with E-state index in [2.05, 4.69) is 15.6 Å². The van der Waals surface area contributed by atoms with Crippen molar-refractivity contribution >= 4 is 23.2 Å². The Balaban J connectivity index is 2.00. The smallest absolute Gasteiger partial charge is 0.240 e. The van der Waals surface area contributed by atoms with E-state index in [9.17, 15) is 9.59 Å². The molecule has 1 aromatic carbocycles. The third-order valence-corrected chi connectivity index (χ3v) is 4.42. The summed E-state index contributed by atoms with van der Waals surface area (Å²) in [5.41, 5.74) is 6.70. The van der Waals surface area contributed by atoms with Crippen LogP contribution in [0.25, 0.3) is 0 Å². The van der Waals surface area contributed by atoms with Crippen LogP contribution in [0.4, 0.5) is 0 Å². The first-order chi connectivity index (χ1) is 11.5. The Morgan fingerprint density at radius 3 is 2.54 bits per heavy atom. The zero-order chi connectivity index (χ0) is 17.5. The van der Waals surface area contributed by atoms with Crippen LogP contribution in [0.2, 0.25) is 0 Å². The highest BCUT2D eigenvalue weighted by atomic mass is 32.1. The summed E-state index contributed by atoms with van der Waals surface area (Å²) in [6.45, 7) is 3.60. The molecule has 0 spiro atoms. The van der Waals surface area contributed by atoms with Crippen LogP contribution in [-0.4, -0.2) is 29.4 Å². The summed E-state index contributed by atoms with van der Waals surface area (Å²) in [5, 5.41) is 8.14. The fourth-order valence-electron chi connectivity index (χ4n) is 2.11. The molecule has 0 bridgehead atoms. The molecule has 0 radical (unpaired) electrons. The quantitative estimate of drug-likeness (QED) is 0.707. The van der Waals surface area contributed by atoms with E-state index in [-0.39, 0.29) is 30.3 Å². The van der Waals surface area contributed by atoms with Gasteiger partial charge in [-0.15, -0.1) is 11.3 Å². The van der Waals surface area contributed by atoms with E-state index >= 15 is 0 Å². The maximum atomic E-state index is 12.2. The molecule has 2 atom stereocenters. The summed E-state index contributed by atoms with van der Waals surface area (Å²) in [5.74, 6) is -0.602. The number of aromatic nitrogens is 1. The zero-order valence-corrected chi connectivity index (χ0v) is 14.5. The van der Waals surface area contributed by atoms with Gasteiger partial charge in [-0.2, -0.15) is 0 Å². The van der Waals surface area contributed by atoms with Crippen molar-refractivity contribution in [1.29, 1.82) is 0 Å². The van der Waals surface area contributed by atoms with Crippen LogP contribution in [0.1, 0.15) is 30.5 Å². The third-order valence-electron chi connectivity index (χ3n) is 3.58. The van der Waals surface area contributed by atoms with Crippen LogP contribution in [-0.2, 0) is 9.59 Å². The molecule has 24 heavy (non-hydrogen) atoms. The maximum Gasteiger partial charge on any atom is 0.240 e. The second kappa shape index (κ2) is 8.56. The molecule has 0 aliphatic heterocycles. The predicted molar refractivity (Wildman–Crippen MR) is 94.4 cm³/mol. The Kier molecular flexibility index (Phi) is 6.45. The number of carbonyl (C=O) groups excluding carboxylic acids is 2. The molecule has 0 fully saturated rings. The van der Waals surface area contributed by atoms with Crippen molar-refractivity contribution in [2.45, 2.75) is 25.9 Å². The van der Waals surface area contributed by atoms with Gasteiger partial charge in [0.25, 0.3) is 0 Å². The van der Waals surface area contributed by atoms with Gasteiger partial charge < -0.3 is 16.4 Å². The van der Waals surface area contributed by atoms with Crippen molar-refractivity contribution in [3.8, 4) is 0 Å². The van der Waals surface area contributed by atoms with E-state index in [1.165, 1.54) is 11.3 Å². The van der Waals surface area contributed by atoms with E-state index in [4.69, 9.17) is 5.73 Å². The van der Waals surface area contributed by atoms with Crippen LogP contribution in [0.5, 0.6) is 0 Å². The SMILES string of the molecule is CC(C)[C@H](N)C(=O)NCC(=O)NC(c1ccccc1)c1nccs1. The first-order valence-electron chi connectivity index (χ1n) is 7.76. The number of carbonyl (C=O) groups is 2. The Labute approximate surface area is 145 Å². The van der Waals surface area contributed by atoms with Crippen molar-refractivity contribution < 1.29 is 9.59 Å². The Morgan fingerprint density at radius 1 is 1.25 bits per heavy atom. The lowest BCUT2D eigenvalue weighted by Crippen LogP contribution is -2.47. The Hall–Kier alpha value is -2.25. The number of hydrogen-bond donors (Lipinski definition) is 3. The number of hydrogen-bond acceptors (Lipinski definition) is 5. The number of rotatable bonds is 7. The fraction of sp³-hybridized carbons (Fsp3) is 0.353. The molecule has 2 aromatic rings. The lowest BCUT2D eigenvalue weighted by molar-refractivity contribution is -0.127. The molecule has 0 aliphatic carbocycles. The summed E-state index contributed by atoms with van der Waals surface area (Å²) in [6.07, 6.45) is 1.70. The number of amides is 2. The van der Waals surface area contributed by atoms with E-state index in [1.807, 2.05) is 49.6 Å². The number of nitrogens with two attached hydrogens (primary N) is 1. The lowest BCUT2D eigenvalue weighted by Gasteiger charge is -2.18. The first-order valence-corrected chi connectivity index (χ1v) is 8.64. The highest BCUT2D eigenvalue weighted by molar-refractivity contribution is 7.09. The van der Waals surface area contributed by atoms with Crippen LogP contribution in [0.3, 0.4) is 0 Å². The van der Waals surface area contributed by atoms with Crippen molar-refractivity contribution in [2.24, 2.45) is 11.7 Å². The van der Waals surface area contributed by atoms with Gasteiger partial charge in [-0.3, -0.25) is 9.59 Å². The highest BCUT2D eigenvalue weighted by Crippen LogP contribution is 2.23. The van der Waals surface area contributed by atoms with Crippen molar-refractivity contribution in [3.63, 3.8) is 0 Å². The van der Waals surface area contributed by atoms with Crippen LogP contribution < -0.4 is 16.4 Å². The molecular weight excluding hydrogens is 324 g/mol. The molecule has 0 saturated heterocycles. The van der Waals surface area contributed by atoms with E-state index in [0.29, 0.717) is 0 Å². The molecule has 1 aromatic heterocycles. The summed E-state index contributed by atoms with van der Waals surface area (Å²) < 4.78 is 0. The standard InChI is InChI=1S/C17H22N4O2S/c1-11(2)14(18)16(23)20-10-13(22)21-15(17-19-8-9-24-17)12-6-4-3-5-7-12/h3-9,11,14-15H,10,18H2,1-2H3,(H,20,23)(H,21,22)/t14-,15?/m0/s1. The number of nitrogens with zero attached hydrogens (tertiary/aromatic N) is 1. The molecule has 2 rings (SSSR count). The maximum absolute atomic E-state index is 12.2. The lowest BCUT2D eigenvalue weighted by atomic mass is 10.1. The average molecular weight is 346 g/mol. The fourth-order valence-corrected chi connectivity index (χ4v) is 2.82. The molecule has 128 valence electrons. The minimum atomic E-state index is -0.623. The normalized spacial score (nSPS) is 13.3. The van der Waals surface area contributed by atoms with Crippen LogP contribution in [0, 0.1) is 5.92 Å². The minimum Gasteiger partial charge on any atom is -0.346 e. The Morgan fingerprint density at radius 2 is 1.96 bits per heavy atom. The molecule has 1 unspecified atom stereocenters. The number of thiazole rings is 1. The average Bonchev–Trinajstić information content (AvgIpc) is 3.11. The van der Waals surface area contributed by atoms with Gasteiger partial charge in [0.1, 0.15) is 11.0 Å². The Bertz CT molecular complexity index is 658.